The molecule has 3 aromatic rings. The van der Waals surface area contributed by atoms with E-state index in [-0.39, 0.29) is 19.1 Å². The van der Waals surface area contributed by atoms with Crippen molar-refractivity contribution in [2.24, 2.45) is 0 Å². The molecule has 148 valence electrons. The van der Waals surface area contributed by atoms with Crippen LogP contribution in [-0.4, -0.2) is 45.9 Å². The van der Waals surface area contributed by atoms with Gasteiger partial charge >= 0.3 is 5.97 Å². The second kappa shape index (κ2) is 8.87. The van der Waals surface area contributed by atoms with E-state index in [4.69, 9.17) is 9.26 Å². The maximum absolute atomic E-state index is 12.2. The second-order valence-corrected chi connectivity index (χ2v) is 7.33. The quantitative estimate of drug-likeness (QED) is 0.433. The standard InChI is InChI=1S/C20H18N4O4S/c25-18-13-29-16-7-2-1-6-15(16)24(18)12-19(26)27-10-4-8-17-22-20(23-28-17)14-5-3-9-21-11-14/h1-3,5-7,9,11H,4,8,10,12-13H2. The fourth-order valence-electron chi connectivity index (χ4n) is 2.88. The number of benzene rings is 1. The first-order valence-electron chi connectivity index (χ1n) is 9.11. The molecule has 0 aliphatic carbocycles. The Morgan fingerprint density at radius 2 is 2.14 bits per heavy atom. The SMILES string of the molecule is O=C(CN1C(=O)CSc2ccccc21)OCCCc1nc(-c2cccnc2)no1. The van der Waals surface area contributed by atoms with Gasteiger partial charge in [0.2, 0.25) is 17.6 Å². The van der Waals surface area contributed by atoms with Gasteiger partial charge in [0.05, 0.1) is 18.0 Å². The number of esters is 1. The Morgan fingerprint density at radius 3 is 3.00 bits per heavy atom. The first-order valence-corrected chi connectivity index (χ1v) is 10.1. The first-order chi connectivity index (χ1) is 14.2. The number of hydrogen-bond acceptors (Lipinski definition) is 8. The van der Waals surface area contributed by atoms with Crippen LogP contribution in [0.5, 0.6) is 0 Å². The number of ether oxygens (including phenoxy) is 1. The number of fused-ring (bicyclic) bond motifs is 1. The summed E-state index contributed by atoms with van der Waals surface area (Å²) in [6, 6.07) is 11.2. The summed E-state index contributed by atoms with van der Waals surface area (Å²) in [5, 5.41) is 3.93. The predicted octanol–water partition coefficient (Wildman–Crippen LogP) is 2.75. The fourth-order valence-corrected chi connectivity index (χ4v) is 3.82. The zero-order valence-electron chi connectivity index (χ0n) is 15.5. The van der Waals surface area contributed by atoms with Crippen LogP contribution in [0, 0.1) is 0 Å². The van der Waals surface area contributed by atoms with Crippen LogP contribution in [0.15, 0.2) is 58.2 Å². The fraction of sp³-hybridized carbons (Fsp3) is 0.250. The first kappa shape index (κ1) is 19.1. The molecule has 0 radical (unpaired) electrons. The number of para-hydroxylation sites is 1. The van der Waals surface area contributed by atoms with E-state index in [2.05, 4.69) is 15.1 Å². The number of rotatable bonds is 7. The number of aromatic nitrogens is 3. The Labute approximate surface area is 171 Å². The van der Waals surface area contributed by atoms with Gasteiger partial charge in [-0.05, 0) is 30.7 Å². The molecule has 0 spiro atoms. The number of carbonyl (C=O) groups excluding carboxylic acids is 2. The van der Waals surface area contributed by atoms with Gasteiger partial charge in [0, 0.05) is 29.3 Å². The van der Waals surface area contributed by atoms with Crippen molar-refractivity contribution in [2.75, 3.05) is 23.8 Å². The highest BCUT2D eigenvalue weighted by Gasteiger charge is 2.26. The molecule has 1 amide bonds. The summed E-state index contributed by atoms with van der Waals surface area (Å²) in [5.41, 5.74) is 1.53. The number of hydrogen-bond donors (Lipinski definition) is 0. The second-order valence-electron chi connectivity index (χ2n) is 6.31. The molecular formula is C20H18N4O4S. The van der Waals surface area contributed by atoms with Crippen molar-refractivity contribution >= 4 is 29.3 Å². The van der Waals surface area contributed by atoms with Crippen LogP contribution in [0.2, 0.25) is 0 Å². The van der Waals surface area contributed by atoms with E-state index in [1.54, 1.807) is 18.5 Å². The molecule has 0 N–H and O–H groups in total. The minimum absolute atomic E-state index is 0.0951. The lowest BCUT2D eigenvalue weighted by atomic mass is 10.2. The number of anilines is 1. The Kier molecular flexibility index (Phi) is 5.85. The van der Waals surface area contributed by atoms with Crippen molar-refractivity contribution < 1.29 is 18.8 Å². The van der Waals surface area contributed by atoms with Gasteiger partial charge in [-0.15, -0.1) is 11.8 Å². The van der Waals surface area contributed by atoms with E-state index in [1.165, 1.54) is 16.7 Å². The van der Waals surface area contributed by atoms with Crippen LogP contribution in [0.4, 0.5) is 5.69 Å². The Bertz CT molecular complexity index is 1010. The smallest absolute Gasteiger partial charge is 0.326 e. The summed E-state index contributed by atoms with van der Waals surface area (Å²) >= 11 is 1.48. The summed E-state index contributed by atoms with van der Waals surface area (Å²) < 4.78 is 10.5. The average Bonchev–Trinajstić information content (AvgIpc) is 3.23. The highest BCUT2D eigenvalue weighted by Crippen LogP contribution is 2.34. The summed E-state index contributed by atoms with van der Waals surface area (Å²) in [7, 11) is 0. The average molecular weight is 410 g/mol. The number of carbonyl (C=O) groups is 2. The van der Waals surface area contributed by atoms with Crippen LogP contribution in [0.1, 0.15) is 12.3 Å². The molecule has 0 fully saturated rings. The molecule has 0 saturated heterocycles. The van der Waals surface area contributed by atoms with Gasteiger partial charge in [-0.2, -0.15) is 4.98 Å². The molecule has 1 aromatic carbocycles. The topological polar surface area (TPSA) is 98.4 Å². The Balaban J connectivity index is 1.25. The minimum atomic E-state index is -0.443. The summed E-state index contributed by atoms with van der Waals surface area (Å²) in [5.74, 6) is 0.726. The lowest BCUT2D eigenvalue weighted by Crippen LogP contribution is -2.39. The maximum atomic E-state index is 12.2. The van der Waals surface area contributed by atoms with Crippen molar-refractivity contribution in [1.29, 1.82) is 0 Å². The molecule has 8 nitrogen and oxygen atoms in total. The van der Waals surface area contributed by atoms with Gasteiger partial charge in [-0.25, -0.2) is 0 Å². The minimum Gasteiger partial charge on any atom is -0.464 e. The van der Waals surface area contributed by atoms with Gasteiger partial charge in [0.25, 0.3) is 0 Å². The lowest BCUT2D eigenvalue weighted by Gasteiger charge is -2.27. The third kappa shape index (κ3) is 4.62. The van der Waals surface area contributed by atoms with E-state index in [0.717, 1.165) is 16.1 Å². The molecule has 0 atom stereocenters. The summed E-state index contributed by atoms with van der Waals surface area (Å²) in [6.45, 7) is 0.115. The van der Waals surface area contributed by atoms with E-state index in [9.17, 15) is 9.59 Å². The molecule has 1 aliphatic rings. The molecule has 1 aliphatic heterocycles. The van der Waals surface area contributed by atoms with E-state index in [1.807, 2.05) is 30.3 Å². The third-order valence-corrected chi connectivity index (χ3v) is 5.33. The van der Waals surface area contributed by atoms with E-state index < -0.39 is 5.97 Å². The number of amides is 1. The lowest BCUT2D eigenvalue weighted by molar-refractivity contribution is -0.142. The van der Waals surface area contributed by atoms with Gasteiger partial charge in [-0.1, -0.05) is 17.3 Å². The zero-order chi connectivity index (χ0) is 20.1. The van der Waals surface area contributed by atoms with Crippen molar-refractivity contribution in [3.63, 3.8) is 0 Å². The summed E-state index contributed by atoms with van der Waals surface area (Å²) in [6.07, 6.45) is 4.37. The van der Waals surface area contributed by atoms with Gasteiger partial charge in [-0.3, -0.25) is 19.5 Å². The Morgan fingerprint density at radius 1 is 1.24 bits per heavy atom. The zero-order valence-corrected chi connectivity index (χ0v) is 16.3. The van der Waals surface area contributed by atoms with E-state index in [0.29, 0.717) is 30.3 Å². The molecule has 0 saturated carbocycles. The van der Waals surface area contributed by atoms with Crippen LogP contribution in [0.3, 0.4) is 0 Å². The molecule has 0 unspecified atom stereocenters. The predicted molar refractivity (Wildman–Crippen MR) is 106 cm³/mol. The molecular weight excluding hydrogens is 392 g/mol. The van der Waals surface area contributed by atoms with Gasteiger partial charge in [0.15, 0.2) is 0 Å². The maximum Gasteiger partial charge on any atom is 0.326 e. The molecule has 2 aromatic heterocycles. The molecule has 0 bridgehead atoms. The normalized spacial score (nSPS) is 13.2. The molecule has 29 heavy (non-hydrogen) atoms. The van der Waals surface area contributed by atoms with E-state index >= 15 is 0 Å². The van der Waals surface area contributed by atoms with Crippen LogP contribution < -0.4 is 4.90 Å². The molecule has 4 rings (SSSR count). The van der Waals surface area contributed by atoms with Crippen molar-refractivity contribution in [3.05, 3.63) is 54.7 Å². The highest BCUT2D eigenvalue weighted by atomic mass is 32.2. The van der Waals surface area contributed by atoms with Gasteiger partial charge in [0.1, 0.15) is 6.54 Å². The summed E-state index contributed by atoms with van der Waals surface area (Å²) in [4.78, 5) is 35.2. The highest BCUT2D eigenvalue weighted by molar-refractivity contribution is 8.00. The monoisotopic (exact) mass is 410 g/mol. The number of pyridine rings is 1. The van der Waals surface area contributed by atoms with Crippen molar-refractivity contribution in [1.82, 2.24) is 15.1 Å². The molecule has 3 heterocycles. The van der Waals surface area contributed by atoms with Crippen molar-refractivity contribution in [2.45, 2.75) is 17.7 Å². The van der Waals surface area contributed by atoms with Crippen LogP contribution >= 0.6 is 11.8 Å². The largest absolute Gasteiger partial charge is 0.464 e. The number of nitrogens with zero attached hydrogens (tertiary/aromatic N) is 4. The van der Waals surface area contributed by atoms with Crippen LogP contribution in [-0.2, 0) is 20.7 Å². The van der Waals surface area contributed by atoms with Crippen LogP contribution in [0.25, 0.3) is 11.4 Å². The molecule has 9 heteroatoms. The number of aryl methyl sites for hydroxylation is 1. The number of thioether (sulfide) groups is 1. The Hall–Kier alpha value is -3.20. The van der Waals surface area contributed by atoms with Crippen molar-refractivity contribution in [3.8, 4) is 11.4 Å². The third-order valence-electron chi connectivity index (χ3n) is 4.28. The van der Waals surface area contributed by atoms with Gasteiger partial charge < -0.3 is 9.26 Å².